The van der Waals surface area contributed by atoms with Crippen LogP contribution >= 0.6 is 0 Å². The quantitative estimate of drug-likeness (QED) is 0.709. The summed E-state index contributed by atoms with van der Waals surface area (Å²) in [7, 11) is 1.83. The Morgan fingerprint density at radius 1 is 1.29 bits per heavy atom. The molecule has 1 atom stereocenters. The summed E-state index contributed by atoms with van der Waals surface area (Å²) in [5.41, 5.74) is 1.44. The highest BCUT2D eigenvalue weighted by molar-refractivity contribution is 5.18. The average Bonchev–Trinajstić information content (AvgIpc) is 3.03. The van der Waals surface area contributed by atoms with Crippen LogP contribution in [0.3, 0.4) is 0 Å². The van der Waals surface area contributed by atoms with Gasteiger partial charge in [0, 0.05) is 13.5 Å². The number of hydrogen-bond donors (Lipinski definition) is 0. The third-order valence-corrected chi connectivity index (χ3v) is 3.31. The van der Waals surface area contributed by atoms with Crippen LogP contribution in [0, 0.1) is 5.92 Å². The van der Waals surface area contributed by atoms with Gasteiger partial charge in [-0.05, 0) is 31.2 Å². The van der Waals surface area contributed by atoms with E-state index >= 15 is 0 Å². The maximum Gasteiger partial charge on any atom is 0.0718 e. The first-order valence-corrected chi connectivity index (χ1v) is 5.34. The van der Waals surface area contributed by atoms with E-state index < -0.39 is 0 Å². The summed E-state index contributed by atoms with van der Waals surface area (Å²) in [5.74, 6) is 0.771. The van der Waals surface area contributed by atoms with Crippen molar-refractivity contribution in [3.05, 3.63) is 35.9 Å². The van der Waals surface area contributed by atoms with Crippen molar-refractivity contribution in [3.63, 3.8) is 0 Å². The number of benzene rings is 1. The van der Waals surface area contributed by atoms with E-state index in [1.807, 2.05) is 7.11 Å². The number of rotatable bonds is 4. The lowest BCUT2D eigenvalue weighted by molar-refractivity contribution is -0.0127. The first-order valence-electron chi connectivity index (χ1n) is 5.34. The van der Waals surface area contributed by atoms with Crippen LogP contribution in [0.5, 0.6) is 0 Å². The molecule has 1 aliphatic carbocycles. The van der Waals surface area contributed by atoms with E-state index in [4.69, 9.17) is 4.74 Å². The fraction of sp³-hybridized carbons (Fsp3) is 0.538. The van der Waals surface area contributed by atoms with Crippen LogP contribution in [0.1, 0.15) is 25.3 Å². The molecule has 0 heterocycles. The van der Waals surface area contributed by atoms with E-state index in [2.05, 4.69) is 37.3 Å². The van der Waals surface area contributed by atoms with Crippen LogP contribution in [-0.2, 0) is 11.2 Å². The molecule has 0 bridgehead atoms. The van der Waals surface area contributed by atoms with Gasteiger partial charge in [-0.15, -0.1) is 0 Å². The molecule has 1 aromatic carbocycles. The highest BCUT2D eigenvalue weighted by atomic mass is 16.5. The molecule has 0 aromatic heterocycles. The normalized spacial score (nSPS) is 20.4. The van der Waals surface area contributed by atoms with Crippen molar-refractivity contribution in [3.8, 4) is 0 Å². The van der Waals surface area contributed by atoms with Crippen molar-refractivity contribution >= 4 is 0 Å². The lowest BCUT2D eigenvalue weighted by Crippen LogP contribution is -2.32. The van der Waals surface area contributed by atoms with Gasteiger partial charge in [-0.2, -0.15) is 0 Å². The molecule has 2 rings (SSSR count). The maximum absolute atomic E-state index is 5.67. The number of ether oxygens (including phenoxy) is 1. The summed E-state index contributed by atoms with van der Waals surface area (Å²) in [6, 6.07) is 10.6. The average molecular weight is 190 g/mol. The smallest absolute Gasteiger partial charge is 0.0718 e. The van der Waals surface area contributed by atoms with E-state index in [9.17, 15) is 0 Å². The topological polar surface area (TPSA) is 9.23 Å². The summed E-state index contributed by atoms with van der Waals surface area (Å²) in [5, 5.41) is 0. The van der Waals surface area contributed by atoms with Crippen molar-refractivity contribution in [1.29, 1.82) is 0 Å². The molecule has 1 aliphatic rings. The second-order valence-electron chi connectivity index (χ2n) is 4.45. The lowest BCUT2D eigenvalue weighted by atomic mass is 9.91. The van der Waals surface area contributed by atoms with Crippen molar-refractivity contribution in [2.75, 3.05) is 7.11 Å². The first-order chi connectivity index (χ1) is 6.74. The molecule has 1 saturated carbocycles. The molecule has 1 heteroatoms. The fourth-order valence-corrected chi connectivity index (χ4v) is 2.08. The molecule has 0 amide bonds. The zero-order valence-electron chi connectivity index (χ0n) is 8.99. The molecule has 76 valence electrons. The van der Waals surface area contributed by atoms with Gasteiger partial charge in [0.25, 0.3) is 0 Å². The molecular weight excluding hydrogens is 172 g/mol. The zero-order valence-corrected chi connectivity index (χ0v) is 8.99. The summed E-state index contributed by atoms with van der Waals surface area (Å²) in [4.78, 5) is 0. The van der Waals surface area contributed by atoms with E-state index in [-0.39, 0.29) is 5.60 Å². The molecule has 1 unspecified atom stereocenters. The van der Waals surface area contributed by atoms with E-state index in [1.165, 1.54) is 18.4 Å². The molecular formula is C13H18O. The molecule has 0 radical (unpaired) electrons. The Bertz CT molecular complexity index is 289. The van der Waals surface area contributed by atoms with Gasteiger partial charge in [0.15, 0.2) is 0 Å². The van der Waals surface area contributed by atoms with Gasteiger partial charge < -0.3 is 4.74 Å². The molecule has 1 fully saturated rings. The van der Waals surface area contributed by atoms with E-state index in [1.54, 1.807) is 0 Å². The van der Waals surface area contributed by atoms with Crippen LogP contribution in [0.2, 0.25) is 0 Å². The Kier molecular flexibility index (Phi) is 2.60. The molecule has 14 heavy (non-hydrogen) atoms. The Labute approximate surface area is 86.1 Å². The van der Waals surface area contributed by atoms with Gasteiger partial charge in [-0.25, -0.2) is 0 Å². The first kappa shape index (κ1) is 9.72. The summed E-state index contributed by atoms with van der Waals surface area (Å²) in [6.45, 7) is 2.23. The highest BCUT2D eigenvalue weighted by Gasteiger charge is 2.41. The van der Waals surface area contributed by atoms with Crippen molar-refractivity contribution in [1.82, 2.24) is 0 Å². The second kappa shape index (κ2) is 3.74. The third-order valence-electron chi connectivity index (χ3n) is 3.31. The van der Waals surface area contributed by atoms with Gasteiger partial charge in [-0.1, -0.05) is 30.3 Å². The van der Waals surface area contributed by atoms with Crippen LogP contribution in [0.15, 0.2) is 30.3 Å². The van der Waals surface area contributed by atoms with Crippen LogP contribution in [-0.4, -0.2) is 12.7 Å². The lowest BCUT2D eigenvalue weighted by Gasteiger charge is -2.28. The van der Waals surface area contributed by atoms with Crippen LogP contribution in [0.4, 0.5) is 0 Å². The molecule has 0 aliphatic heterocycles. The van der Waals surface area contributed by atoms with Crippen molar-refractivity contribution < 1.29 is 4.74 Å². The van der Waals surface area contributed by atoms with Gasteiger partial charge in [0.2, 0.25) is 0 Å². The van der Waals surface area contributed by atoms with Crippen LogP contribution < -0.4 is 0 Å². The van der Waals surface area contributed by atoms with Crippen LogP contribution in [0.25, 0.3) is 0 Å². The number of hydrogen-bond acceptors (Lipinski definition) is 1. The maximum atomic E-state index is 5.67. The zero-order chi connectivity index (χ0) is 10.0. The summed E-state index contributed by atoms with van der Waals surface area (Å²) in [6.07, 6.45) is 3.70. The number of methoxy groups -OCH3 is 1. The second-order valence-corrected chi connectivity index (χ2v) is 4.45. The Morgan fingerprint density at radius 2 is 1.93 bits per heavy atom. The molecule has 0 N–H and O–H groups in total. The van der Waals surface area contributed by atoms with Gasteiger partial charge in [0.1, 0.15) is 0 Å². The summed E-state index contributed by atoms with van der Waals surface area (Å²) >= 11 is 0. The minimum Gasteiger partial charge on any atom is -0.378 e. The Morgan fingerprint density at radius 3 is 2.43 bits per heavy atom. The van der Waals surface area contributed by atoms with Crippen molar-refractivity contribution in [2.45, 2.75) is 31.8 Å². The highest BCUT2D eigenvalue weighted by Crippen LogP contribution is 2.43. The van der Waals surface area contributed by atoms with Gasteiger partial charge >= 0.3 is 0 Å². The summed E-state index contributed by atoms with van der Waals surface area (Å²) < 4.78 is 5.67. The van der Waals surface area contributed by atoms with Crippen molar-refractivity contribution in [2.24, 2.45) is 5.92 Å². The van der Waals surface area contributed by atoms with Gasteiger partial charge in [-0.3, -0.25) is 0 Å². The monoisotopic (exact) mass is 190 g/mol. The predicted molar refractivity (Wildman–Crippen MR) is 58.3 cm³/mol. The third kappa shape index (κ3) is 1.98. The Hall–Kier alpha value is -0.820. The van der Waals surface area contributed by atoms with Gasteiger partial charge in [0.05, 0.1) is 5.60 Å². The molecule has 1 aromatic rings. The SMILES string of the molecule is COC(C)(Cc1ccccc1)C1CC1. The predicted octanol–water partition coefficient (Wildman–Crippen LogP) is 3.04. The molecule has 1 nitrogen and oxygen atoms in total. The fourth-order valence-electron chi connectivity index (χ4n) is 2.08. The minimum atomic E-state index is 0.0569. The van der Waals surface area contributed by atoms with E-state index in [0.29, 0.717) is 0 Å². The molecule has 0 spiro atoms. The standard InChI is InChI=1S/C13H18O/c1-13(14-2,12-8-9-12)10-11-6-4-3-5-7-11/h3-7,12H,8-10H2,1-2H3. The Balaban J connectivity index is 2.08. The molecule has 0 saturated heterocycles. The minimum absolute atomic E-state index is 0.0569. The largest absolute Gasteiger partial charge is 0.378 e. The van der Waals surface area contributed by atoms with E-state index in [0.717, 1.165) is 12.3 Å².